The van der Waals surface area contributed by atoms with Gasteiger partial charge in [0.05, 0.1) is 16.0 Å². The molecule has 0 aliphatic carbocycles. The summed E-state index contributed by atoms with van der Waals surface area (Å²) in [5.41, 5.74) is 1.90. The number of pyridine rings is 1. The van der Waals surface area contributed by atoms with Crippen molar-refractivity contribution in [2.24, 2.45) is 0 Å². The maximum Gasteiger partial charge on any atom is 0.266 e. The van der Waals surface area contributed by atoms with Crippen LogP contribution in [0.15, 0.2) is 84.0 Å². The summed E-state index contributed by atoms with van der Waals surface area (Å²) in [5, 5.41) is 0. The number of imide groups is 1. The van der Waals surface area contributed by atoms with Gasteiger partial charge in [0, 0.05) is 12.1 Å². The highest BCUT2D eigenvalue weighted by Gasteiger charge is 2.37. The largest absolute Gasteiger partial charge is 0.744 e. The first-order valence-electron chi connectivity index (χ1n) is 8.69. The van der Waals surface area contributed by atoms with E-state index in [1.807, 2.05) is 37.5 Å². The van der Waals surface area contributed by atoms with E-state index in [-0.39, 0.29) is 23.4 Å². The maximum absolute atomic E-state index is 12.1. The SMILES string of the molecule is Cc1ccc(S(=O)(=O)[O-])cc1.O=C1c2ccccc2C(=O)N1C[n+]1ccccc1. The molecule has 8 heteroatoms. The third-order valence-corrected chi connectivity index (χ3v) is 5.12. The van der Waals surface area contributed by atoms with Crippen molar-refractivity contribution in [3.05, 3.63) is 95.8 Å². The molecule has 2 heterocycles. The minimum absolute atomic E-state index is 0.178. The molecule has 0 radical (unpaired) electrons. The normalized spacial score (nSPS) is 13.0. The number of benzene rings is 2. The molecule has 4 rings (SSSR count). The van der Waals surface area contributed by atoms with Gasteiger partial charge in [-0.05, 0) is 31.2 Å². The molecule has 2 amide bonds. The quantitative estimate of drug-likeness (QED) is 0.374. The fourth-order valence-corrected chi connectivity index (χ4v) is 3.23. The van der Waals surface area contributed by atoms with Crippen LogP contribution in [0.1, 0.15) is 26.3 Å². The topological polar surface area (TPSA) is 98.5 Å². The maximum atomic E-state index is 12.1. The van der Waals surface area contributed by atoms with Gasteiger partial charge in [-0.1, -0.05) is 35.9 Å². The van der Waals surface area contributed by atoms with Crippen molar-refractivity contribution in [3.63, 3.8) is 0 Å². The van der Waals surface area contributed by atoms with Crippen LogP contribution in [0.25, 0.3) is 0 Å². The van der Waals surface area contributed by atoms with E-state index in [1.165, 1.54) is 17.0 Å². The number of hydrogen-bond acceptors (Lipinski definition) is 5. The Morgan fingerprint density at radius 1 is 0.828 bits per heavy atom. The van der Waals surface area contributed by atoms with Gasteiger partial charge < -0.3 is 4.55 Å². The Morgan fingerprint density at radius 3 is 1.83 bits per heavy atom. The van der Waals surface area contributed by atoms with Crippen LogP contribution in [0.4, 0.5) is 0 Å². The minimum atomic E-state index is -4.27. The van der Waals surface area contributed by atoms with Gasteiger partial charge in [-0.25, -0.2) is 13.3 Å². The van der Waals surface area contributed by atoms with Crippen molar-refractivity contribution in [1.82, 2.24) is 4.90 Å². The van der Waals surface area contributed by atoms with E-state index in [1.54, 1.807) is 41.0 Å². The zero-order valence-corrected chi connectivity index (χ0v) is 16.4. The summed E-state index contributed by atoms with van der Waals surface area (Å²) < 4.78 is 33.0. The van der Waals surface area contributed by atoms with Crippen LogP contribution in [-0.4, -0.2) is 29.7 Å². The highest BCUT2D eigenvalue weighted by atomic mass is 32.2. The number of aromatic nitrogens is 1. The van der Waals surface area contributed by atoms with Crippen molar-refractivity contribution in [2.45, 2.75) is 18.5 Å². The van der Waals surface area contributed by atoms with E-state index in [0.717, 1.165) is 5.56 Å². The molecule has 148 valence electrons. The van der Waals surface area contributed by atoms with Gasteiger partial charge in [0.2, 0.25) is 6.67 Å². The van der Waals surface area contributed by atoms with E-state index in [2.05, 4.69) is 0 Å². The molecule has 0 unspecified atom stereocenters. The zero-order valence-electron chi connectivity index (χ0n) is 15.6. The minimum Gasteiger partial charge on any atom is -0.744 e. The van der Waals surface area contributed by atoms with Crippen LogP contribution in [0.5, 0.6) is 0 Å². The number of carbonyl (C=O) groups excluding carboxylic acids is 2. The molecule has 1 aromatic heterocycles. The summed E-state index contributed by atoms with van der Waals surface area (Å²) in [5.74, 6) is -0.459. The van der Waals surface area contributed by atoms with Gasteiger partial charge in [0.1, 0.15) is 10.1 Å². The average Bonchev–Trinajstić information content (AvgIpc) is 2.94. The Morgan fingerprint density at radius 2 is 1.34 bits per heavy atom. The average molecular weight is 410 g/mol. The highest BCUT2D eigenvalue weighted by molar-refractivity contribution is 7.85. The van der Waals surface area contributed by atoms with Crippen molar-refractivity contribution in [3.8, 4) is 0 Å². The fraction of sp³-hybridized carbons (Fsp3) is 0.0952. The Balaban J connectivity index is 0.000000188. The van der Waals surface area contributed by atoms with Gasteiger partial charge in [0.25, 0.3) is 11.8 Å². The predicted octanol–water partition coefficient (Wildman–Crippen LogP) is 2.13. The van der Waals surface area contributed by atoms with Crippen LogP contribution in [0.3, 0.4) is 0 Å². The third kappa shape index (κ3) is 4.74. The van der Waals surface area contributed by atoms with E-state index >= 15 is 0 Å². The molecule has 0 atom stereocenters. The van der Waals surface area contributed by atoms with E-state index in [0.29, 0.717) is 11.1 Å². The van der Waals surface area contributed by atoms with Crippen molar-refractivity contribution in [2.75, 3.05) is 0 Å². The fourth-order valence-electron chi connectivity index (χ4n) is 2.76. The van der Waals surface area contributed by atoms with Gasteiger partial charge in [-0.2, -0.15) is 4.57 Å². The zero-order chi connectivity index (χ0) is 21.0. The van der Waals surface area contributed by atoms with Gasteiger partial charge >= 0.3 is 0 Å². The number of fused-ring (bicyclic) bond motifs is 1. The lowest BCUT2D eigenvalue weighted by Gasteiger charge is -2.08. The summed E-state index contributed by atoms with van der Waals surface area (Å²) in [4.78, 5) is 25.3. The molecule has 0 saturated heterocycles. The molecule has 0 bridgehead atoms. The van der Waals surface area contributed by atoms with Crippen molar-refractivity contribution >= 4 is 21.9 Å². The molecule has 1 aliphatic heterocycles. The number of carbonyl (C=O) groups is 2. The Bertz CT molecular complexity index is 1110. The van der Waals surface area contributed by atoms with Crippen LogP contribution in [0.2, 0.25) is 0 Å². The smallest absolute Gasteiger partial charge is 0.266 e. The van der Waals surface area contributed by atoms with Crippen molar-refractivity contribution in [1.29, 1.82) is 0 Å². The lowest BCUT2D eigenvalue weighted by molar-refractivity contribution is -0.709. The number of aryl methyl sites for hydroxylation is 1. The predicted molar refractivity (Wildman–Crippen MR) is 103 cm³/mol. The molecule has 3 aromatic rings. The standard InChI is InChI=1S/C14H11N2O2.C7H8O3S/c17-13-11-6-2-3-7-12(11)14(18)16(13)10-15-8-4-1-5-9-15;1-6-2-4-7(5-3-6)11(8,9)10/h1-9H,10H2;2-5H,1H3,(H,8,9,10)/q+1;/p-1. The third-order valence-electron chi connectivity index (χ3n) is 4.27. The summed E-state index contributed by atoms with van der Waals surface area (Å²) in [6, 6.07) is 18.3. The van der Waals surface area contributed by atoms with Crippen LogP contribution < -0.4 is 4.57 Å². The highest BCUT2D eigenvalue weighted by Crippen LogP contribution is 2.21. The second kappa shape index (κ2) is 8.34. The molecule has 29 heavy (non-hydrogen) atoms. The monoisotopic (exact) mass is 410 g/mol. The van der Waals surface area contributed by atoms with Gasteiger partial charge in [-0.15, -0.1) is 0 Å². The second-order valence-corrected chi connectivity index (χ2v) is 7.76. The molecule has 1 aliphatic rings. The molecule has 0 fully saturated rings. The Hall–Kier alpha value is -3.36. The molecule has 0 N–H and O–H groups in total. The summed E-state index contributed by atoms with van der Waals surface area (Å²) in [6.45, 7) is 2.06. The van der Waals surface area contributed by atoms with E-state index in [4.69, 9.17) is 0 Å². The number of nitrogens with zero attached hydrogens (tertiary/aromatic N) is 2. The molecular weight excluding hydrogens is 392 g/mol. The molecule has 7 nitrogen and oxygen atoms in total. The summed E-state index contributed by atoms with van der Waals surface area (Å²) in [7, 11) is -4.27. The summed E-state index contributed by atoms with van der Waals surface area (Å²) >= 11 is 0. The molecule has 0 saturated carbocycles. The van der Waals surface area contributed by atoms with Gasteiger partial charge in [0.15, 0.2) is 12.4 Å². The molecule has 2 aromatic carbocycles. The number of amides is 2. The summed E-state index contributed by atoms with van der Waals surface area (Å²) in [6.07, 6.45) is 3.65. The first-order valence-corrected chi connectivity index (χ1v) is 10.1. The first-order chi connectivity index (χ1) is 13.8. The van der Waals surface area contributed by atoms with Crippen molar-refractivity contribution < 1.29 is 27.1 Å². The molecular formula is C21H18N2O5S. The van der Waals surface area contributed by atoms with Gasteiger partial charge in [-0.3, -0.25) is 9.59 Å². The lowest BCUT2D eigenvalue weighted by Crippen LogP contribution is -2.45. The number of rotatable bonds is 3. The Labute approximate surface area is 168 Å². The first kappa shape index (κ1) is 20.4. The van der Waals surface area contributed by atoms with E-state index < -0.39 is 10.1 Å². The molecule has 0 spiro atoms. The second-order valence-electron chi connectivity index (χ2n) is 6.38. The van der Waals surface area contributed by atoms with Crippen LogP contribution in [0, 0.1) is 6.92 Å². The van der Waals surface area contributed by atoms with Crippen LogP contribution >= 0.6 is 0 Å². The number of hydrogen-bond donors (Lipinski definition) is 0. The van der Waals surface area contributed by atoms with Crippen LogP contribution in [-0.2, 0) is 16.8 Å². The Kier molecular flexibility index (Phi) is 5.86. The van der Waals surface area contributed by atoms with E-state index in [9.17, 15) is 22.6 Å². The lowest BCUT2D eigenvalue weighted by atomic mass is 10.1.